The predicted octanol–water partition coefficient (Wildman–Crippen LogP) is 3.44. The summed E-state index contributed by atoms with van der Waals surface area (Å²) >= 11 is 0. The summed E-state index contributed by atoms with van der Waals surface area (Å²) in [6, 6.07) is 9.74. The number of rotatable bonds is 5. The molecule has 0 saturated heterocycles. The van der Waals surface area contributed by atoms with E-state index >= 15 is 0 Å². The fourth-order valence-electron chi connectivity index (χ4n) is 1.74. The fourth-order valence-corrected chi connectivity index (χ4v) is 1.74. The first-order valence-corrected chi connectivity index (χ1v) is 7.77. The molecule has 1 heterocycles. The molecular formula is C18H22N2O4. The van der Waals surface area contributed by atoms with Gasteiger partial charge in [-0.1, -0.05) is 13.8 Å². The van der Waals surface area contributed by atoms with Gasteiger partial charge < -0.3 is 14.8 Å². The van der Waals surface area contributed by atoms with Crippen LogP contribution in [0.2, 0.25) is 0 Å². The van der Waals surface area contributed by atoms with Crippen molar-refractivity contribution in [2.24, 2.45) is 0 Å². The summed E-state index contributed by atoms with van der Waals surface area (Å²) in [6.07, 6.45) is 1.49. The van der Waals surface area contributed by atoms with Gasteiger partial charge in [-0.15, -0.1) is 0 Å². The number of hydrogen-bond acceptors (Lipinski definition) is 5. The van der Waals surface area contributed by atoms with Crippen molar-refractivity contribution in [3.8, 4) is 11.5 Å². The van der Waals surface area contributed by atoms with Crippen LogP contribution in [0.4, 0.5) is 0 Å². The molecule has 6 nitrogen and oxygen atoms in total. The molecule has 0 bridgehead atoms. The van der Waals surface area contributed by atoms with Crippen molar-refractivity contribution in [2.45, 2.75) is 20.8 Å². The fraction of sp³-hybridized carbons (Fsp3) is 0.278. The summed E-state index contributed by atoms with van der Waals surface area (Å²) in [5.74, 6) is 0.363. The second-order valence-electron chi connectivity index (χ2n) is 4.30. The Hall–Kier alpha value is -2.89. The van der Waals surface area contributed by atoms with Gasteiger partial charge in [0.05, 0.1) is 12.2 Å². The first kappa shape index (κ1) is 19.2. The zero-order valence-corrected chi connectivity index (χ0v) is 14.3. The zero-order chi connectivity index (χ0) is 17.9. The van der Waals surface area contributed by atoms with Gasteiger partial charge in [0.15, 0.2) is 0 Å². The van der Waals surface area contributed by atoms with Gasteiger partial charge in [0.1, 0.15) is 17.2 Å². The number of nitrogens with zero attached hydrogens (tertiary/aromatic N) is 1. The maximum atomic E-state index is 11.6. The monoisotopic (exact) mass is 330 g/mol. The van der Waals surface area contributed by atoms with Crippen LogP contribution in [0.15, 0.2) is 42.6 Å². The van der Waals surface area contributed by atoms with Crippen molar-refractivity contribution in [1.29, 1.82) is 0 Å². The highest BCUT2D eigenvalue weighted by Gasteiger charge is 2.08. The quantitative estimate of drug-likeness (QED) is 0.850. The highest BCUT2D eigenvalue weighted by atomic mass is 16.5. The van der Waals surface area contributed by atoms with E-state index in [4.69, 9.17) is 9.47 Å². The van der Waals surface area contributed by atoms with Gasteiger partial charge in [-0.3, -0.25) is 9.78 Å². The lowest BCUT2D eigenvalue weighted by Gasteiger charge is -2.07. The van der Waals surface area contributed by atoms with E-state index in [0.717, 1.165) is 0 Å². The van der Waals surface area contributed by atoms with Crippen molar-refractivity contribution in [3.63, 3.8) is 0 Å². The third-order valence-electron chi connectivity index (χ3n) is 2.79. The molecule has 2 rings (SSSR count). The van der Waals surface area contributed by atoms with E-state index in [-0.39, 0.29) is 17.6 Å². The molecular weight excluding hydrogens is 308 g/mol. The molecule has 1 amide bonds. The standard InChI is InChI=1S/C16H16N2O4.C2H6/c1-3-21-16(20)11-4-6-12(7-5-11)22-13-8-9-18-14(10-13)15(19)17-2;1-2/h4-10H,3H2,1-2H3,(H,17,19);1-2H3. The highest BCUT2D eigenvalue weighted by molar-refractivity contribution is 5.92. The molecule has 1 aromatic carbocycles. The Kier molecular flexibility index (Phi) is 7.98. The molecule has 1 aromatic heterocycles. The van der Waals surface area contributed by atoms with E-state index < -0.39 is 0 Å². The van der Waals surface area contributed by atoms with Gasteiger partial charge in [-0.05, 0) is 37.3 Å². The van der Waals surface area contributed by atoms with Gasteiger partial charge >= 0.3 is 5.97 Å². The molecule has 0 aliphatic rings. The molecule has 1 N–H and O–H groups in total. The molecule has 6 heteroatoms. The third kappa shape index (κ3) is 5.39. The second kappa shape index (κ2) is 9.99. The Morgan fingerprint density at radius 1 is 1.08 bits per heavy atom. The Morgan fingerprint density at radius 2 is 1.75 bits per heavy atom. The number of nitrogens with one attached hydrogen (secondary N) is 1. The van der Waals surface area contributed by atoms with Crippen LogP contribution in [-0.4, -0.2) is 30.5 Å². The maximum absolute atomic E-state index is 11.6. The van der Waals surface area contributed by atoms with Crippen LogP contribution in [0, 0.1) is 0 Å². The number of esters is 1. The van der Waals surface area contributed by atoms with Crippen LogP contribution < -0.4 is 10.1 Å². The second-order valence-corrected chi connectivity index (χ2v) is 4.30. The minimum absolute atomic E-state index is 0.267. The van der Waals surface area contributed by atoms with E-state index in [1.807, 2.05) is 13.8 Å². The van der Waals surface area contributed by atoms with Gasteiger partial charge in [0.25, 0.3) is 5.91 Å². The van der Waals surface area contributed by atoms with Crippen LogP contribution in [0.3, 0.4) is 0 Å². The van der Waals surface area contributed by atoms with Crippen molar-refractivity contribution < 1.29 is 19.1 Å². The molecule has 0 aliphatic heterocycles. The largest absolute Gasteiger partial charge is 0.462 e. The highest BCUT2D eigenvalue weighted by Crippen LogP contribution is 2.22. The van der Waals surface area contributed by atoms with E-state index in [1.165, 1.54) is 19.3 Å². The van der Waals surface area contributed by atoms with Gasteiger partial charge in [0.2, 0.25) is 0 Å². The van der Waals surface area contributed by atoms with Crippen LogP contribution in [-0.2, 0) is 4.74 Å². The molecule has 0 radical (unpaired) electrons. The number of carbonyl (C=O) groups excluding carboxylic acids is 2. The molecule has 128 valence electrons. The average molecular weight is 330 g/mol. The Bertz CT molecular complexity index is 669. The summed E-state index contributed by atoms with van der Waals surface area (Å²) in [4.78, 5) is 27.0. The number of amides is 1. The summed E-state index contributed by atoms with van der Waals surface area (Å²) in [6.45, 7) is 6.08. The topological polar surface area (TPSA) is 77.5 Å². The summed E-state index contributed by atoms with van der Waals surface area (Å²) in [5.41, 5.74) is 0.720. The lowest BCUT2D eigenvalue weighted by molar-refractivity contribution is 0.0526. The maximum Gasteiger partial charge on any atom is 0.338 e. The van der Waals surface area contributed by atoms with E-state index in [2.05, 4.69) is 10.3 Å². The van der Waals surface area contributed by atoms with Crippen molar-refractivity contribution in [2.75, 3.05) is 13.7 Å². The van der Waals surface area contributed by atoms with Crippen LogP contribution in [0.1, 0.15) is 41.6 Å². The number of carbonyl (C=O) groups is 2. The molecule has 24 heavy (non-hydrogen) atoms. The van der Waals surface area contributed by atoms with E-state index in [1.54, 1.807) is 37.3 Å². The Labute approximate surface area is 141 Å². The summed E-state index contributed by atoms with van der Waals surface area (Å²) in [7, 11) is 1.53. The first-order valence-electron chi connectivity index (χ1n) is 7.77. The van der Waals surface area contributed by atoms with Crippen molar-refractivity contribution in [1.82, 2.24) is 10.3 Å². The summed E-state index contributed by atoms with van der Waals surface area (Å²) < 4.78 is 10.5. The number of hydrogen-bond donors (Lipinski definition) is 1. The van der Waals surface area contributed by atoms with Crippen molar-refractivity contribution >= 4 is 11.9 Å². The van der Waals surface area contributed by atoms with E-state index in [9.17, 15) is 9.59 Å². The van der Waals surface area contributed by atoms with Gasteiger partial charge in [-0.2, -0.15) is 0 Å². The summed E-state index contributed by atoms with van der Waals surface area (Å²) in [5, 5.41) is 2.50. The smallest absolute Gasteiger partial charge is 0.338 e. The van der Waals surface area contributed by atoms with E-state index in [0.29, 0.717) is 23.7 Å². The van der Waals surface area contributed by atoms with Gasteiger partial charge in [-0.25, -0.2) is 4.79 Å². The lowest BCUT2D eigenvalue weighted by Crippen LogP contribution is -2.18. The minimum Gasteiger partial charge on any atom is -0.462 e. The molecule has 0 atom stereocenters. The van der Waals surface area contributed by atoms with Gasteiger partial charge in [0, 0.05) is 19.3 Å². The normalized spacial score (nSPS) is 9.33. The molecule has 0 aliphatic carbocycles. The SMILES string of the molecule is CC.CCOC(=O)c1ccc(Oc2ccnc(C(=O)NC)c2)cc1. The molecule has 0 spiro atoms. The number of pyridine rings is 1. The number of benzene rings is 1. The molecule has 0 fully saturated rings. The molecule has 2 aromatic rings. The zero-order valence-electron chi connectivity index (χ0n) is 14.3. The number of ether oxygens (including phenoxy) is 2. The van der Waals surface area contributed by atoms with Crippen LogP contribution in [0.25, 0.3) is 0 Å². The Morgan fingerprint density at radius 3 is 2.33 bits per heavy atom. The average Bonchev–Trinajstić information content (AvgIpc) is 2.63. The molecule has 0 saturated carbocycles. The number of aromatic nitrogens is 1. The third-order valence-corrected chi connectivity index (χ3v) is 2.79. The van der Waals surface area contributed by atoms with Crippen LogP contribution >= 0.6 is 0 Å². The lowest BCUT2D eigenvalue weighted by atomic mass is 10.2. The van der Waals surface area contributed by atoms with Crippen LogP contribution in [0.5, 0.6) is 11.5 Å². The van der Waals surface area contributed by atoms with Crippen molar-refractivity contribution in [3.05, 3.63) is 53.9 Å². The minimum atomic E-state index is -0.375. The predicted molar refractivity (Wildman–Crippen MR) is 91.4 cm³/mol. The Balaban J connectivity index is 0.00000139. The molecule has 0 unspecified atom stereocenters. The first-order chi connectivity index (χ1) is 11.6.